The predicted molar refractivity (Wildman–Crippen MR) is 73.4 cm³/mol. The van der Waals surface area contributed by atoms with Gasteiger partial charge in [-0.3, -0.25) is 0 Å². The van der Waals surface area contributed by atoms with Crippen molar-refractivity contribution in [3.05, 3.63) is 55.0 Å². The molecule has 0 aliphatic carbocycles. The van der Waals surface area contributed by atoms with Gasteiger partial charge in [0, 0.05) is 34.9 Å². The fourth-order valence-electron chi connectivity index (χ4n) is 2.50. The van der Waals surface area contributed by atoms with Crippen LogP contribution < -0.4 is 0 Å². The molecule has 0 unspecified atom stereocenters. The first kappa shape index (κ1) is 9.48. The number of benzene rings is 1. The SMILES string of the molecule is c1ccc2c(c1)[nH]c1nccc(-c3cc[nH]c3)c12. The molecule has 0 spiro atoms. The summed E-state index contributed by atoms with van der Waals surface area (Å²) in [6.45, 7) is 0. The summed E-state index contributed by atoms with van der Waals surface area (Å²) in [5, 5.41) is 2.41. The van der Waals surface area contributed by atoms with Gasteiger partial charge in [-0.25, -0.2) is 4.98 Å². The third-order valence-electron chi connectivity index (χ3n) is 3.31. The van der Waals surface area contributed by atoms with Crippen LogP contribution in [0.15, 0.2) is 55.0 Å². The van der Waals surface area contributed by atoms with Gasteiger partial charge in [0.1, 0.15) is 5.65 Å². The molecule has 3 heterocycles. The summed E-state index contributed by atoms with van der Waals surface area (Å²) in [5.41, 5.74) is 4.46. The number of nitrogens with zero attached hydrogens (tertiary/aromatic N) is 1. The average molecular weight is 233 g/mol. The van der Waals surface area contributed by atoms with E-state index in [4.69, 9.17) is 0 Å². The molecule has 3 heteroatoms. The number of hydrogen-bond acceptors (Lipinski definition) is 1. The van der Waals surface area contributed by atoms with E-state index in [1.54, 1.807) is 0 Å². The van der Waals surface area contributed by atoms with Crippen molar-refractivity contribution in [2.75, 3.05) is 0 Å². The van der Waals surface area contributed by atoms with Crippen molar-refractivity contribution in [1.29, 1.82) is 0 Å². The molecule has 0 bridgehead atoms. The molecule has 0 aliphatic heterocycles. The zero-order valence-electron chi connectivity index (χ0n) is 9.64. The summed E-state index contributed by atoms with van der Waals surface area (Å²) >= 11 is 0. The summed E-state index contributed by atoms with van der Waals surface area (Å²) in [6.07, 6.45) is 5.80. The molecule has 4 aromatic rings. The average Bonchev–Trinajstić information content (AvgIpc) is 3.05. The van der Waals surface area contributed by atoms with Crippen LogP contribution in [0.2, 0.25) is 0 Å². The van der Waals surface area contributed by atoms with Crippen molar-refractivity contribution in [2.24, 2.45) is 0 Å². The number of H-pyrrole nitrogens is 2. The molecule has 0 fully saturated rings. The van der Waals surface area contributed by atoms with Crippen molar-refractivity contribution in [2.45, 2.75) is 0 Å². The molecule has 3 nitrogen and oxygen atoms in total. The molecule has 18 heavy (non-hydrogen) atoms. The van der Waals surface area contributed by atoms with E-state index in [9.17, 15) is 0 Å². The van der Waals surface area contributed by atoms with Crippen LogP contribution in [0.25, 0.3) is 33.1 Å². The molecule has 86 valence electrons. The Bertz CT molecular complexity index is 825. The standard InChI is InChI=1S/C15H11N3/c1-2-4-13-12(3-1)14-11(10-5-7-16-9-10)6-8-17-15(14)18-13/h1-9,16H,(H,17,18). The molecule has 0 aliphatic rings. The van der Waals surface area contributed by atoms with Gasteiger partial charge in [-0.15, -0.1) is 0 Å². The Kier molecular flexibility index (Phi) is 1.83. The zero-order chi connectivity index (χ0) is 11.9. The van der Waals surface area contributed by atoms with E-state index in [0.29, 0.717) is 0 Å². The van der Waals surface area contributed by atoms with Gasteiger partial charge in [-0.05, 0) is 29.3 Å². The lowest BCUT2D eigenvalue weighted by atomic mass is 10.0. The van der Waals surface area contributed by atoms with Gasteiger partial charge in [0.25, 0.3) is 0 Å². The fourth-order valence-corrected chi connectivity index (χ4v) is 2.50. The summed E-state index contributed by atoms with van der Waals surface area (Å²) in [6, 6.07) is 12.4. The minimum Gasteiger partial charge on any atom is -0.367 e. The number of para-hydroxylation sites is 1. The number of hydrogen-bond donors (Lipinski definition) is 2. The normalized spacial score (nSPS) is 11.3. The molecule has 0 saturated carbocycles. The predicted octanol–water partition coefficient (Wildman–Crippen LogP) is 3.71. The van der Waals surface area contributed by atoms with E-state index >= 15 is 0 Å². The largest absolute Gasteiger partial charge is 0.367 e. The quantitative estimate of drug-likeness (QED) is 0.517. The molecule has 0 saturated heterocycles. The monoisotopic (exact) mass is 233 g/mol. The third kappa shape index (κ3) is 1.21. The van der Waals surface area contributed by atoms with Crippen molar-refractivity contribution in [3.8, 4) is 11.1 Å². The molecular formula is C15H11N3. The van der Waals surface area contributed by atoms with E-state index in [2.05, 4.69) is 45.3 Å². The van der Waals surface area contributed by atoms with Crippen molar-refractivity contribution >= 4 is 21.9 Å². The Labute approximate surface area is 103 Å². The van der Waals surface area contributed by atoms with Crippen LogP contribution in [0.3, 0.4) is 0 Å². The van der Waals surface area contributed by atoms with Gasteiger partial charge >= 0.3 is 0 Å². The summed E-state index contributed by atoms with van der Waals surface area (Å²) in [7, 11) is 0. The first-order valence-corrected chi connectivity index (χ1v) is 5.92. The number of aromatic nitrogens is 3. The third-order valence-corrected chi connectivity index (χ3v) is 3.31. The van der Waals surface area contributed by atoms with Gasteiger partial charge in [0.2, 0.25) is 0 Å². The van der Waals surface area contributed by atoms with Gasteiger partial charge in [0.05, 0.1) is 0 Å². The molecule has 2 N–H and O–H groups in total. The highest BCUT2D eigenvalue weighted by atomic mass is 14.8. The molecule has 0 amide bonds. The van der Waals surface area contributed by atoms with E-state index in [1.165, 1.54) is 21.9 Å². The maximum atomic E-state index is 4.42. The van der Waals surface area contributed by atoms with E-state index in [1.807, 2.05) is 24.7 Å². The number of pyridine rings is 1. The highest BCUT2D eigenvalue weighted by Gasteiger charge is 2.10. The van der Waals surface area contributed by atoms with E-state index in [-0.39, 0.29) is 0 Å². The maximum Gasteiger partial charge on any atom is 0.138 e. The van der Waals surface area contributed by atoms with Crippen molar-refractivity contribution in [3.63, 3.8) is 0 Å². The molecule has 1 aromatic carbocycles. The summed E-state index contributed by atoms with van der Waals surface area (Å²) in [5.74, 6) is 0. The number of aromatic amines is 2. The van der Waals surface area contributed by atoms with Crippen LogP contribution in [-0.2, 0) is 0 Å². The molecule has 4 rings (SSSR count). The smallest absolute Gasteiger partial charge is 0.138 e. The fraction of sp³-hybridized carbons (Fsp3) is 0. The van der Waals surface area contributed by atoms with Crippen molar-refractivity contribution < 1.29 is 0 Å². The van der Waals surface area contributed by atoms with Gasteiger partial charge in [0.15, 0.2) is 0 Å². The van der Waals surface area contributed by atoms with Gasteiger partial charge in [-0.1, -0.05) is 18.2 Å². The van der Waals surface area contributed by atoms with Gasteiger partial charge < -0.3 is 9.97 Å². The Morgan fingerprint density at radius 3 is 2.83 bits per heavy atom. The topological polar surface area (TPSA) is 44.5 Å². The lowest BCUT2D eigenvalue weighted by Crippen LogP contribution is -1.80. The Balaban J connectivity index is 2.21. The second-order valence-corrected chi connectivity index (χ2v) is 4.35. The van der Waals surface area contributed by atoms with Crippen LogP contribution in [0.4, 0.5) is 0 Å². The molecular weight excluding hydrogens is 222 g/mol. The Morgan fingerprint density at radius 1 is 1.00 bits per heavy atom. The van der Waals surface area contributed by atoms with Crippen LogP contribution in [0.1, 0.15) is 0 Å². The Hall–Kier alpha value is -2.55. The zero-order valence-corrected chi connectivity index (χ0v) is 9.64. The summed E-state index contributed by atoms with van der Waals surface area (Å²) in [4.78, 5) is 10.9. The molecule has 0 atom stereocenters. The van der Waals surface area contributed by atoms with Crippen LogP contribution >= 0.6 is 0 Å². The summed E-state index contributed by atoms with van der Waals surface area (Å²) < 4.78 is 0. The second-order valence-electron chi connectivity index (χ2n) is 4.35. The van der Waals surface area contributed by atoms with E-state index < -0.39 is 0 Å². The first-order valence-electron chi connectivity index (χ1n) is 5.92. The number of rotatable bonds is 1. The highest BCUT2D eigenvalue weighted by molar-refractivity contribution is 6.12. The van der Waals surface area contributed by atoms with Crippen molar-refractivity contribution in [1.82, 2.24) is 15.0 Å². The first-order chi connectivity index (χ1) is 8.93. The lowest BCUT2D eigenvalue weighted by molar-refractivity contribution is 1.35. The van der Waals surface area contributed by atoms with Crippen LogP contribution in [0.5, 0.6) is 0 Å². The number of fused-ring (bicyclic) bond motifs is 3. The molecule has 3 aromatic heterocycles. The highest BCUT2D eigenvalue weighted by Crippen LogP contribution is 2.32. The minimum absolute atomic E-state index is 0.940. The Morgan fingerprint density at radius 2 is 1.94 bits per heavy atom. The van der Waals surface area contributed by atoms with Crippen LogP contribution in [0, 0.1) is 0 Å². The number of nitrogens with one attached hydrogen (secondary N) is 2. The minimum atomic E-state index is 0.940. The molecule has 0 radical (unpaired) electrons. The van der Waals surface area contributed by atoms with Gasteiger partial charge in [-0.2, -0.15) is 0 Å². The van der Waals surface area contributed by atoms with Crippen LogP contribution in [-0.4, -0.2) is 15.0 Å². The lowest BCUT2D eigenvalue weighted by Gasteiger charge is -2.00. The van der Waals surface area contributed by atoms with E-state index in [0.717, 1.165) is 11.2 Å². The second kappa shape index (κ2) is 3.47. The maximum absolute atomic E-state index is 4.42.